The number of para-hydroxylation sites is 1. The van der Waals surface area contributed by atoms with Gasteiger partial charge in [-0.05, 0) is 31.0 Å². The van der Waals surface area contributed by atoms with Crippen LogP contribution in [0.3, 0.4) is 0 Å². The molecule has 0 aliphatic heterocycles. The van der Waals surface area contributed by atoms with Crippen molar-refractivity contribution in [2.75, 3.05) is 0 Å². The van der Waals surface area contributed by atoms with E-state index < -0.39 is 0 Å². The number of hydrogen-bond acceptors (Lipinski definition) is 1. The van der Waals surface area contributed by atoms with Gasteiger partial charge in [-0.2, -0.15) is 0 Å². The van der Waals surface area contributed by atoms with Crippen molar-refractivity contribution in [1.29, 1.82) is 0 Å². The minimum atomic E-state index is 0.0129. The van der Waals surface area contributed by atoms with E-state index in [4.69, 9.17) is 0 Å². The number of nitrogens with zero attached hydrogens (tertiary/aromatic N) is 1. The van der Waals surface area contributed by atoms with E-state index in [1.165, 1.54) is 5.52 Å². The quantitative estimate of drug-likeness (QED) is 0.779. The van der Waals surface area contributed by atoms with E-state index in [1.54, 1.807) is 0 Å². The summed E-state index contributed by atoms with van der Waals surface area (Å²) in [6.45, 7) is 4.09. The van der Waals surface area contributed by atoms with Crippen LogP contribution in [0.4, 0.5) is 0 Å². The minimum Gasteiger partial charge on any atom is -0.349 e. The molecular formula is C20H22N2O. The van der Waals surface area contributed by atoms with Gasteiger partial charge in [-0.3, -0.25) is 4.79 Å². The average molecular weight is 306 g/mol. The number of benzene rings is 2. The summed E-state index contributed by atoms with van der Waals surface area (Å²) in [5, 5.41) is 4.26. The summed E-state index contributed by atoms with van der Waals surface area (Å²) < 4.78 is 2.15. The number of nitrogens with one attached hydrogen (secondary N) is 1. The Kier molecular flexibility index (Phi) is 4.20. The van der Waals surface area contributed by atoms with Crippen LogP contribution in [0.15, 0.2) is 54.6 Å². The molecule has 0 aliphatic rings. The fraction of sp³-hybridized carbons (Fsp3) is 0.250. The molecule has 3 rings (SSSR count). The van der Waals surface area contributed by atoms with Gasteiger partial charge >= 0.3 is 0 Å². The van der Waals surface area contributed by atoms with Gasteiger partial charge in [-0.25, -0.2) is 0 Å². The lowest BCUT2D eigenvalue weighted by molar-refractivity contribution is -0.121. The highest BCUT2D eigenvalue weighted by atomic mass is 16.1. The van der Waals surface area contributed by atoms with Crippen molar-refractivity contribution in [3.8, 4) is 0 Å². The van der Waals surface area contributed by atoms with Crippen LogP contribution in [0.25, 0.3) is 10.9 Å². The first-order chi connectivity index (χ1) is 11.1. The zero-order chi connectivity index (χ0) is 16.4. The Morgan fingerprint density at radius 2 is 1.74 bits per heavy atom. The van der Waals surface area contributed by atoms with Crippen molar-refractivity contribution in [3.05, 3.63) is 71.4 Å². The molecule has 0 aliphatic carbocycles. The molecule has 3 aromatic rings. The molecule has 0 radical (unpaired) electrons. The number of amides is 1. The van der Waals surface area contributed by atoms with Crippen LogP contribution >= 0.6 is 0 Å². The van der Waals surface area contributed by atoms with Crippen LogP contribution in [0.5, 0.6) is 0 Å². The van der Waals surface area contributed by atoms with Crippen LogP contribution in [0.1, 0.15) is 29.8 Å². The number of carbonyl (C=O) groups is 1. The van der Waals surface area contributed by atoms with Gasteiger partial charge in [0.25, 0.3) is 0 Å². The summed E-state index contributed by atoms with van der Waals surface area (Å²) in [7, 11) is 2.05. The lowest BCUT2D eigenvalue weighted by Crippen LogP contribution is -2.28. The number of rotatable bonds is 4. The van der Waals surface area contributed by atoms with Crippen molar-refractivity contribution in [1.82, 2.24) is 9.88 Å². The maximum atomic E-state index is 12.5. The molecule has 3 nitrogen and oxygen atoms in total. The molecule has 3 heteroatoms. The van der Waals surface area contributed by atoms with Crippen molar-refractivity contribution < 1.29 is 4.79 Å². The van der Waals surface area contributed by atoms with Crippen molar-refractivity contribution in [2.45, 2.75) is 26.3 Å². The Bertz CT molecular complexity index is 833. The van der Waals surface area contributed by atoms with E-state index in [0.717, 1.165) is 22.2 Å². The molecule has 0 saturated heterocycles. The molecule has 0 bridgehead atoms. The van der Waals surface area contributed by atoms with Crippen LogP contribution in [0.2, 0.25) is 0 Å². The van der Waals surface area contributed by atoms with Crippen LogP contribution in [-0.4, -0.2) is 10.5 Å². The standard InChI is InChI=1S/C20H22N2O/c1-14(16-9-5-4-6-10-16)21-20(23)13-18-15(2)22(3)19-12-8-7-11-17(18)19/h4-12,14H,13H2,1-3H3,(H,21,23). The summed E-state index contributed by atoms with van der Waals surface area (Å²) in [6, 6.07) is 18.3. The molecule has 2 aromatic carbocycles. The normalized spacial score (nSPS) is 12.3. The SMILES string of the molecule is Cc1c(CC(=O)NC(C)c2ccccc2)c2ccccc2n1C. The molecule has 1 heterocycles. The van der Waals surface area contributed by atoms with Gasteiger partial charge in [0.2, 0.25) is 5.91 Å². The predicted octanol–water partition coefficient (Wildman–Crippen LogP) is 3.91. The van der Waals surface area contributed by atoms with Crippen molar-refractivity contribution in [2.24, 2.45) is 7.05 Å². The Hall–Kier alpha value is -2.55. The molecular weight excluding hydrogens is 284 g/mol. The van der Waals surface area contributed by atoms with E-state index >= 15 is 0 Å². The number of hydrogen-bond donors (Lipinski definition) is 1. The second kappa shape index (κ2) is 6.29. The number of aryl methyl sites for hydroxylation is 1. The summed E-state index contributed by atoms with van der Waals surface area (Å²) in [6.07, 6.45) is 0.407. The summed E-state index contributed by atoms with van der Waals surface area (Å²) >= 11 is 0. The highest BCUT2D eigenvalue weighted by molar-refractivity contribution is 5.90. The van der Waals surface area contributed by atoms with E-state index in [2.05, 4.69) is 28.9 Å². The highest BCUT2D eigenvalue weighted by Crippen LogP contribution is 2.25. The minimum absolute atomic E-state index is 0.0129. The molecule has 1 atom stereocenters. The molecule has 0 fully saturated rings. The van der Waals surface area contributed by atoms with Gasteiger partial charge in [-0.15, -0.1) is 0 Å². The smallest absolute Gasteiger partial charge is 0.224 e. The summed E-state index contributed by atoms with van der Waals surface area (Å²) in [5.74, 6) is 0.0563. The molecule has 1 amide bonds. The van der Waals surface area contributed by atoms with Gasteiger partial charge < -0.3 is 9.88 Å². The number of aromatic nitrogens is 1. The molecule has 23 heavy (non-hydrogen) atoms. The predicted molar refractivity (Wildman–Crippen MR) is 94.4 cm³/mol. The number of fused-ring (bicyclic) bond motifs is 1. The van der Waals surface area contributed by atoms with E-state index in [0.29, 0.717) is 6.42 Å². The summed E-state index contributed by atoms with van der Waals surface area (Å²) in [4.78, 5) is 12.5. The van der Waals surface area contributed by atoms with Crippen molar-refractivity contribution in [3.63, 3.8) is 0 Å². The molecule has 1 unspecified atom stereocenters. The van der Waals surface area contributed by atoms with Crippen LogP contribution in [-0.2, 0) is 18.3 Å². The lowest BCUT2D eigenvalue weighted by atomic mass is 10.1. The third-order valence-corrected chi connectivity index (χ3v) is 4.54. The van der Waals surface area contributed by atoms with Gasteiger partial charge in [0.1, 0.15) is 0 Å². The first-order valence-corrected chi connectivity index (χ1v) is 7.95. The number of carbonyl (C=O) groups excluding carboxylic acids is 1. The van der Waals surface area contributed by atoms with E-state index in [-0.39, 0.29) is 11.9 Å². The second-order valence-corrected chi connectivity index (χ2v) is 6.02. The molecule has 118 valence electrons. The third kappa shape index (κ3) is 3.00. The monoisotopic (exact) mass is 306 g/mol. The average Bonchev–Trinajstić information content (AvgIpc) is 2.81. The van der Waals surface area contributed by atoms with Gasteiger partial charge in [-0.1, -0.05) is 48.5 Å². The fourth-order valence-electron chi connectivity index (χ4n) is 3.10. The highest BCUT2D eigenvalue weighted by Gasteiger charge is 2.16. The Labute approximate surface area is 136 Å². The summed E-state index contributed by atoms with van der Waals surface area (Å²) in [5.41, 5.74) is 4.55. The molecule has 0 saturated carbocycles. The second-order valence-electron chi connectivity index (χ2n) is 6.02. The molecule has 0 spiro atoms. The maximum absolute atomic E-state index is 12.5. The van der Waals surface area contributed by atoms with Crippen molar-refractivity contribution >= 4 is 16.8 Å². The topological polar surface area (TPSA) is 34.0 Å². The van der Waals surface area contributed by atoms with E-state index in [9.17, 15) is 4.79 Å². The molecule has 1 N–H and O–H groups in total. The van der Waals surface area contributed by atoms with Crippen LogP contribution in [0, 0.1) is 6.92 Å². The van der Waals surface area contributed by atoms with Crippen LogP contribution < -0.4 is 5.32 Å². The zero-order valence-corrected chi connectivity index (χ0v) is 13.8. The van der Waals surface area contributed by atoms with E-state index in [1.807, 2.05) is 56.4 Å². The fourth-order valence-corrected chi connectivity index (χ4v) is 3.10. The Balaban J connectivity index is 1.80. The first-order valence-electron chi connectivity index (χ1n) is 7.95. The Morgan fingerprint density at radius 3 is 2.48 bits per heavy atom. The maximum Gasteiger partial charge on any atom is 0.224 e. The van der Waals surface area contributed by atoms with Gasteiger partial charge in [0.15, 0.2) is 0 Å². The van der Waals surface area contributed by atoms with Gasteiger partial charge in [0, 0.05) is 23.6 Å². The zero-order valence-electron chi connectivity index (χ0n) is 13.8. The first kappa shape index (κ1) is 15.3. The lowest BCUT2D eigenvalue weighted by Gasteiger charge is -2.14. The Morgan fingerprint density at radius 1 is 1.09 bits per heavy atom. The van der Waals surface area contributed by atoms with Gasteiger partial charge in [0.05, 0.1) is 12.5 Å². The third-order valence-electron chi connectivity index (χ3n) is 4.54. The largest absolute Gasteiger partial charge is 0.349 e. The molecule has 1 aromatic heterocycles.